The molecule has 0 saturated carbocycles. The monoisotopic (exact) mass is 148 g/mol. The van der Waals surface area contributed by atoms with Crippen LogP contribution < -0.4 is 0 Å². The van der Waals surface area contributed by atoms with Gasteiger partial charge in [-0.25, -0.2) is 0 Å². The summed E-state index contributed by atoms with van der Waals surface area (Å²) >= 11 is 0. The molecule has 0 amide bonds. The molecule has 0 aliphatic heterocycles. The van der Waals surface area contributed by atoms with Crippen LogP contribution in [0, 0.1) is 0 Å². The smallest absolute Gasteiger partial charge is 0.390 e. The summed E-state index contributed by atoms with van der Waals surface area (Å²) in [6.45, 7) is 1.94. The first-order valence-corrected chi connectivity index (χ1v) is 4.93. The van der Waals surface area contributed by atoms with Gasteiger partial charge in [-0.15, -0.1) is 0 Å². The van der Waals surface area contributed by atoms with Crippen molar-refractivity contribution in [3.63, 3.8) is 0 Å². The van der Waals surface area contributed by atoms with E-state index in [0.717, 1.165) is 6.42 Å². The van der Waals surface area contributed by atoms with Crippen LogP contribution in [-0.4, -0.2) is 23.2 Å². The second-order valence-corrected chi connectivity index (χ2v) is 3.82. The molecule has 0 aliphatic carbocycles. The van der Waals surface area contributed by atoms with Gasteiger partial charge in [-0.05, 0) is 6.42 Å². The molecule has 0 radical (unpaired) electrons. The normalized spacial score (nSPS) is 12.9. The summed E-state index contributed by atoms with van der Waals surface area (Å²) < 4.78 is 0. The maximum atomic E-state index is 8.44. The van der Waals surface area contributed by atoms with Crippen LogP contribution in [0.15, 0.2) is 12.2 Å². The molecule has 0 aliphatic rings. The van der Waals surface area contributed by atoms with Crippen LogP contribution in [0.25, 0.3) is 0 Å². The average molecular weight is 148 g/mol. The van der Waals surface area contributed by atoms with Crippen molar-refractivity contribution in [1.29, 1.82) is 0 Å². The van der Waals surface area contributed by atoms with Crippen molar-refractivity contribution >= 4 is 8.80 Å². The van der Waals surface area contributed by atoms with Gasteiger partial charge in [0.25, 0.3) is 0 Å². The maximum Gasteiger partial charge on any atom is 0.496 e. The Bertz CT molecular complexity index is 94.9. The fraction of sp³-hybridized carbons (Fsp3) is 0.600. The summed E-state index contributed by atoms with van der Waals surface area (Å²) in [7, 11) is -3.78. The van der Waals surface area contributed by atoms with Gasteiger partial charge in [0.05, 0.1) is 0 Å². The molecule has 0 bridgehead atoms. The predicted molar refractivity (Wildman–Crippen MR) is 36.6 cm³/mol. The first-order valence-electron chi connectivity index (χ1n) is 2.88. The summed E-state index contributed by atoms with van der Waals surface area (Å²) in [6.07, 6.45) is 4.21. The van der Waals surface area contributed by atoms with Crippen LogP contribution in [0.1, 0.15) is 13.3 Å². The molecule has 0 spiro atoms. The standard InChI is InChI=1S/C5H12O3Si/c1-2-3-4-5-9(6,7)8/h3-4,6-8H,2,5H2,1H3/b4-3+. The van der Waals surface area contributed by atoms with Crippen LogP contribution >= 0.6 is 0 Å². The Morgan fingerprint density at radius 3 is 2.11 bits per heavy atom. The highest BCUT2D eigenvalue weighted by molar-refractivity contribution is 6.56. The van der Waals surface area contributed by atoms with Crippen molar-refractivity contribution in [2.45, 2.75) is 19.4 Å². The summed E-state index contributed by atoms with van der Waals surface area (Å²) in [5.74, 6) is 0. The molecule has 0 aromatic rings. The Labute approximate surface area is 55.6 Å². The highest BCUT2D eigenvalue weighted by atomic mass is 28.4. The van der Waals surface area contributed by atoms with Crippen molar-refractivity contribution in [3.05, 3.63) is 12.2 Å². The Morgan fingerprint density at radius 1 is 1.22 bits per heavy atom. The maximum absolute atomic E-state index is 8.44. The van der Waals surface area contributed by atoms with E-state index in [2.05, 4.69) is 0 Å². The number of hydrogen-bond acceptors (Lipinski definition) is 3. The van der Waals surface area contributed by atoms with Gasteiger partial charge in [-0.3, -0.25) is 0 Å². The van der Waals surface area contributed by atoms with Crippen LogP contribution in [0.3, 0.4) is 0 Å². The summed E-state index contributed by atoms with van der Waals surface area (Å²) in [6, 6.07) is 0.000833. The number of allylic oxidation sites excluding steroid dienone is 2. The lowest BCUT2D eigenvalue weighted by Gasteiger charge is -2.03. The zero-order valence-electron chi connectivity index (χ0n) is 5.41. The molecule has 0 heterocycles. The van der Waals surface area contributed by atoms with Gasteiger partial charge in [-0.2, -0.15) is 0 Å². The average Bonchev–Trinajstić information content (AvgIpc) is 1.63. The second-order valence-electron chi connectivity index (χ2n) is 1.86. The Kier molecular flexibility index (Phi) is 3.72. The predicted octanol–water partition coefficient (Wildman–Crippen LogP) is -0.132. The lowest BCUT2D eigenvalue weighted by Crippen LogP contribution is -2.33. The van der Waals surface area contributed by atoms with E-state index < -0.39 is 8.80 Å². The third kappa shape index (κ3) is 7.84. The minimum Gasteiger partial charge on any atom is -0.390 e. The van der Waals surface area contributed by atoms with Crippen LogP contribution in [0.2, 0.25) is 6.04 Å². The molecule has 0 aromatic heterocycles. The molecule has 0 fully saturated rings. The summed E-state index contributed by atoms with van der Waals surface area (Å²) in [5, 5.41) is 0. The van der Waals surface area contributed by atoms with E-state index >= 15 is 0 Å². The van der Waals surface area contributed by atoms with E-state index in [4.69, 9.17) is 14.4 Å². The highest BCUT2D eigenvalue weighted by Gasteiger charge is 2.23. The fourth-order valence-electron chi connectivity index (χ4n) is 0.408. The lowest BCUT2D eigenvalue weighted by molar-refractivity contribution is 0.233. The van der Waals surface area contributed by atoms with Crippen molar-refractivity contribution in [2.24, 2.45) is 0 Å². The molecule has 0 rings (SSSR count). The second kappa shape index (κ2) is 3.79. The molecule has 0 aromatic carbocycles. The van der Waals surface area contributed by atoms with E-state index in [1.807, 2.05) is 6.92 Å². The molecular weight excluding hydrogens is 136 g/mol. The fourth-order valence-corrected chi connectivity index (χ4v) is 0.891. The molecule has 54 valence electrons. The first kappa shape index (κ1) is 8.84. The molecular formula is C5H12O3Si. The van der Waals surface area contributed by atoms with Crippen LogP contribution in [0.5, 0.6) is 0 Å². The third-order valence-electron chi connectivity index (χ3n) is 0.794. The van der Waals surface area contributed by atoms with Crippen molar-refractivity contribution in [1.82, 2.24) is 0 Å². The van der Waals surface area contributed by atoms with E-state index in [-0.39, 0.29) is 6.04 Å². The van der Waals surface area contributed by atoms with Gasteiger partial charge in [0, 0.05) is 6.04 Å². The molecule has 0 saturated heterocycles. The van der Waals surface area contributed by atoms with Crippen molar-refractivity contribution in [3.8, 4) is 0 Å². The Hall–Kier alpha value is -0.163. The minimum absolute atomic E-state index is 0.000833. The zero-order chi connectivity index (χ0) is 7.33. The van der Waals surface area contributed by atoms with Crippen LogP contribution in [-0.2, 0) is 0 Å². The molecule has 3 N–H and O–H groups in total. The zero-order valence-corrected chi connectivity index (χ0v) is 6.41. The topological polar surface area (TPSA) is 60.7 Å². The van der Waals surface area contributed by atoms with Gasteiger partial charge < -0.3 is 14.4 Å². The van der Waals surface area contributed by atoms with Gasteiger partial charge >= 0.3 is 8.80 Å². The van der Waals surface area contributed by atoms with Crippen molar-refractivity contribution < 1.29 is 14.4 Å². The van der Waals surface area contributed by atoms with Crippen LogP contribution in [0.4, 0.5) is 0 Å². The molecule has 9 heavy (non-hydrogen) atoms. The summed E-state index contributed by atoms with van der Waals surface area (Å²) in [4.78, 5) is 25.3. The molecule has 4 heteroatoms. The van der Waals surface area contributed by atoms with E-state index in [1.165, 1.54) is 0 Å². The van der Waals surface area contributed by atoms with Crippen molar-refractivity contribution in [2.75, 3.05) is 0 Å². The number of hydrogen-bond donors (Lipinski definition) is 3. The van der Waals surface area contributed by atoms with E-state index in [9.17, 15) is 0 Å². The quantitative estimate of drug-likeness (QED) is 0.386. The molecule has 3 nitrogen and oxygen atoms in total. The van der Waals surface area contributed by atoms with Gasteiger partial charge in [0.15, 0.2) is 0 Å². The third-order valence-corrected chi connectivity index (χ3v) is 1.58. The largest absolute Gasteiger partial charge is 0.496 e. The highest BCUT2D eigenvalue weighted by Crippen LogP contribution is 1.97. The molecule has 0 unspecified atom stereocenters. The number of rotatable bonds is 3. The Morgan fingerprint density at radius 2 is 1.78 bits per heavy atom. The lowest BCUT2D eigenvalue weighted by atomic mass is 10.4. The van der Waals surface area contributed by atoms with E-state index in [1.54, 1.807) is 12.2 Å². The van der Waals surface area contributed by atoms with E-state index in [0.29, 0.717) is 0 Å². The van der Waals surface area contributed by atoms with Gasteiger partial charge in [0.2, 0.25) is 0 Å². The van der Waals surface area contributed by atoms with Gasteiger partial charge in [0.1, 0.15) is 0 Å². The van der Waals surface area contributed by atoms with Gasteiger partial charge in [-0.1, -0.05) is 19.1 Å². The first-order chi connectivity index (χ1) is 4.06. The minimum atomic E-state index is -3.78. The molecule has 0 atom stereocenters. The SMILES string of the molecule is CC/C=C/C[Si](O)(O)O. The Balaban J connectivity index is 3.38. The summed E-state index contributed by atoms with van der Waals surface area (Å²) in [5.41, 5.74) is 0.